The summed E-state index contributed by atoms with van der Waals surface area (Å²) in [4.78, 5) is 15.1. The summed E-state index contributed by atoms with van der Waals surface area (Å²) in [6.07, 6.45) is 1.04. The lowest BCUT2D eigenvalue weighted by atomic mass is 10.1. The fraction of sp³-hybridized carbons (Fsp3) is 0.381. The largest absolute Gasteiger partial charge is 0.497 e. The van der Waals surface area contributed by atoms with Crippen LogP contribution in [0.2, 0.25) is 0 Å². The minimum absolute atomic E-state index is 0. The van der Waals surface area contributed by atoms with E-state index in [1.165, 1.54) is 12.1 Å². The average Bonchev–Trinajstić information content (AvgIpc) is 3.27. The smallest absolute Gasteiger partial charge is 0.269 e. The Morgan fingerprint density at radius 1 is 1.17 bits per heavy atom. The molecule has 1 fully saturated rings. The lowest BCUT2D eigenvalue weighted by molar-refractivity contribution is -0.384. The molecule has 2 N–H and O–H groups in total. The first-order chi connectivity index (χ1) is 14.1. The highest BCUT2D eigenvalue weighted by molar-refractivity contribution is 14.0. The third-order valence-corrected chi connectivity index (χ3v) is 4.77. The summed E-state index contributed by atoms with van der Waals surface area (Å²) < 4.78 is 10.6. The highest BCUT2D eigenvalue weighted by atomic mass is 127. The van der Waals surface area contributed by atoms with Crippen LogP contribution in [-0.4, -0.2) is 37.8 Å². The molecule has 9 heteroatoms. The summed E-state index contributed by atoms with van der Waals surface area (Å²) >= 11 is 0. The number of nitro benzene ring substituents is 1. The maximum absolute atomic E-state index is 10.8. The Bertz CT molecular complexity index is 822. The molecule has 0 amide bonds. The first-order valence-corrected chi connectivity index (χ1v) is 9.60. The van der Waals surface area contributed by atoms with Gasteiger partial charge in [-0.15, -0.1) is 24.0 Å². The zero-order valence-corrected chi connectivity index (χ0v) is 19.2. The lowest BCUT2D eigenvalue weighted by Gasteiger charge is -2.15. The molecule has 1 aliphatic heterocycles. The molecular formula is C21H27IN4O4. The van der Waals surface area contributed by atoms with Crippen LogP contribution in [0.3, 0.4) is 0 Å². The van der Waals surface area contributed by atoms with Crippen LogP contribution in [0.25, 0.3) is 0 Å². The Hall–Kier alpha value is -2.40. The van der Waals surface area contributed by atoms with Crippen LogP contribution in [0.1, 0.15) is 17.5 Å². The van der Waals surface area contributed by atoms with Gasteiger partial charge in [-0.1, -0.05) is 24.3 Å². The van der Waals surface area contributed by atoms with Gasteiger partial charge in [-0.2, -0.15) is 0 Å². The van der Waals surface area contributed by atoms with Crippen molar-refractivity contribution >= 4 is 35.6 Å². The number of guanidine groups is 1. The molecule has 1 heterocycles. The molecule has 1 unspecified atom stereocenters. The zero-order valence-electron chi connectivity index (χ0n) is 16.9. The van der Waals surface area contributed by atoms with E-state index in [1.807, 2.05) is 24.3 Å². The van der Waals surface area contributed by atoms with E-state index in [0.29, 0.717) is 25.0 Å². The van der Waals surface area contributed by atoms with Crippen LogP contribution in [0.15, 0.2) is 53.5 Å². The molecule has 0 aliphatic carbocycles. The van der Waals surface area contributed by atoms with Gasteiger partial charge in [-0.05, 0) is 29.7 Å². The second-order valence-corrected chi connectivity index (χ2v) is 6.90. The number of rotatable bonds is 8. The SMILES string of the molecule is COc1ccc(CN=C(NCc2ccc([N+](=O)[O-])cc2)NCC2CCOC2)cc1.I. The van der Waals surface area contributed by atoms with Crippen LogP contribution >= 0.6 is 24.0 Å². The van der Waals surface area contributed by atoms with Gasteiger partial charge in [-0.25, -0.2) is 4.99 Å². The van der Waals surface area contributed by atoms with Crippen molar-refractivity contribution in [2.75, 3.05) is 26.9 Å². The molecule has 8 nitrogen and oxygen atoms in total. The van der Waals surface area contributed by atoms with E-state index in [-0.39, 0.29) is 29.7 Å². The number of hydrogen-bond donors (Lipinski definition) is 2. The van der Waals surface area contributed by atoms with Crippen LogP contribution in [-0.2, 0) is 17.8 Å². The van der Waals surface area contributed by atoms with Crippen molar-refractivity contribution in [3.05, 3.63) is 69.8 Å². The number of aliphatic imine (C=N–C) groups is 1. The molecule has 2 aromatic rings. The molecule has 0 bridgehead atoms. The standard InChI is InChI=1S/C21H26N4O4.HI/c1-28-20-8-4-17(5-9-20)13-23-21(24-14-18-10-11-29-15-18)22-12-16-2-6-19(7-3-16)25(26)27;/h2-9,18H,10-15H2,1H3,(H2,22,23,24);1H. The van der Waals surface area contributed by atoms with Crippen molar-refractivity contribution in [3.63, 3.8) is 0 Å². The Balaban J connectivity index is 0.00000320. The van der Waals surface area contributed by atoms with Gasteiger partial charge >= 0.3 is 0 Å². The van der Waals surface area contributed by atoms with Gasteiger partial charge in [-0.3, -0.25) is 10.1 Å². The van der Waals surface area contributed by atoms with Gasteiger partial charge in [0.05, 0.1) is 25.2 Å². The molecule has 0 radical (unpaired) electrons. The van der Waals surface area contributed by atoms with Gasteiger partial charge in [0.15, 0.2) is 5.96 Å². The number of nitro groups is 1. The van der Waals surface area contributed by atoms with E-state index in [4.69, 9.17) is 9.47 Å². The molecule has 2 aromatic carbocycles. The second-order valence-electron chi connectivity index (χ2n) is 6.90. The van der Waals surface area contributed by atoms with Gasteiger partial charge in [0.2, 0.25) is 0 Å². The Morgan fingerprint density at radius 3 is 2.47 bits per heavy atom. The van der Waals surface area contributed by atoms with Crippen LogP contribution < -0.4 is 15.4 Å². The van der Waals surface area contributed by atoms with E-state index in [0.717, 1.165) is 43.1 Å². The number of ether oxygens (including phenoxy) is 2. The molecule has 1 aliphatic rings. The fourth-order valence-electron chi connectivity index (χ4n) is 2.98. The number of hydrogen-bond acceptors (Lipinski definition) is 5. The predicted molar refractivity (Wildman–Crippen MR) is 126 cm³/mol. The molecule has 30 heavy (non-hydrogen) atoms. The molecular weight excluding hydrogens is 499 g/mol. The van der Waals surface area contributed by atoms with Crippen LogP contribution in [0, 0.1) is 16.0 Å². The summed E-state index contributed by atoms with van der Waals surface area (Å²) in [6, 6.07) is 14.3. The summed E-state index contributed by atoms with van der Waals surface area (Å²) in [5.74, 6) is 1.99. The number of benzene rings is 2. The minimum Gasteiger partial charge on any atom is -0.497 e. The monoisotopic (exact) mass is 526 g/mol. The van der Waals surface area contributed by atoms with Crippen molar-refractivity contribution in [2.24, 2.45) is 10.9 Å². The highest BCUT2D eigenvalue weighted by Gasteiger charge is 2.15. The maximum Gasteiger partial charge on any atom is 0.269 e. The van der Waals surface area contributed by atoms with Crippen molar-refractivity contribution in [3.8, 4) is 5.75 Å². The molecule has 3 rings (SSSR count). The first-order valence-electron chi connectivity index (χ1n) is 9.60. The van der Waals surface area contributed by atoms with E-state index >= 15 is 0 Å². The van der Waals surface area contributed by atoms with Crippen molar-refractivity contribution in [1.82, 2.24) is 10.6 Å². The Morgan fingerprint density at radius 2 is 1.87 bits per heavy atom. The summed E-state index contributed by atoms with van der Waals surface area (Å²) in [5, 5.41) is 17.5. The molecule has 0 spiro atoms. The minimum atomic E-state index is -0.399. The maximum atomic E-state index is 10.8. The molecule has 0 aromatic heterocycles. The number of non-ortho nitro benzene ring substituents is 1. The molecule has 1 atom stereocenters. The zero-order chi connectivity index (χ0) is 20.5. The Kier molecular flexibility index (Phi) is 9.81. The lowest BCUT2D eigenvalue weighted by Crippen LogP contribution is -2.39. The third-order valence-electron chi connectivity index (χ3n) is 4.77. The van der Waals surface area contributed by atoms with Crippen molar-refractivity contribution in [2.45, 2.75) is 19.5 Å². The van der Waals surface area contributed by atoms with Crippen LogP contribution in [0.4, 0.5) is 5.69 Å². The van der Waals surface area contributed by atoms with E-state index < -0.39 is 4.92 Å². The quantitative estimate of drug-likeness (QED) is 0.180. The highest BCUT2D eigenvalue weighted by Crippen LogP contribution is 2.13. The molecule has 162 valence electrons. The van der Waals surface area contributed by atoms with E-state index in [1.54, 1.807) is 19.2 Å². The number of methoxy groups -OCH3 is 1. The fourth-order valence-corrected chi connectivity index (χ4v) is 2.98. The van der Waals surface area contributed by atoms with Gasteiger partial charge in [0.1, 0.15) is 5.75 Å². The van der Waals surface area contributed by atoms with E-state index in [9.17, 15) is 10.1 Å². The van der Waals surface area contributed by atoms with Crippen molar-refractivity contribution < 1.29 is 14.4 Å². The van der Waals surface area contributed by atoms with Crippen LogP contribution in [0.5, 0.6) is 5.75 Å². The molecule has 0 saturated carbocycles. The average molecular weight is 526 g/mol. The van der Waals surface area contributed by atoms with Crippen molar-refractivity contribution in [1.29, 1.82) is 0 Å². The van der Waals surface area contributed by atoms with Gasteiger partial charge < -0.3 is 20.1 Å². The van der Waals surface area contributed by atoms with Gasteiger partial charge in [0.25, 0.3) is 5.69 Å². The summed E-state index contributed by atoms with van der Waals surface area (Å²) in [5.41, 5.74) is 2.10. The topological polar surface area (TPSA) is 98.0 Å². The number of halogens is 1. The number of nitrogens with one attached hydrogen (secondary N) is 2. The van der Waals surface area contributed by atoms with E-state index in [2.05, 4.69) is 15.6 Å². The van der Waals surface area contributed by atoms with Gasteiger partial charge in [0, 0.05) is 37.7 Å². The normalized spacial score (nSPS) is 15.9. The second kappa shape index (κ2) is 12.3. The molecule has 1 saturated heterocycles. The summed E-state index contributed by atoms with van der Waals surface area (Å²) in [6.45, 7) is 3.41. The Labute approximate surface area is 193 Å². The summed E-state index contributed by atoms with van der Waals surface area (Å²) in [7, 11) is 1.64. The predicted octanol–water partition coefficient (Wildman–Crippen LogP) is 3.49. The number of nitrogens with zero attached hydrogens (tertiary/aromatic N) is 2. The first kappa shape index (κ1) is 23.9. The third kappa shape index (κ3) is 7.45.